The number of amides is 4. The Bertz CT molecular complexity index is 1330. The van der Waals surface area contributed by atoms with Crippen molar-refractivity contribution in [1.82, 2.24) is 5.32 Å². The molecular weight excluding hydrogens is 443 g/mol. The zero-order chi connectivity index (χ0) is 23.0. The highest BCUT2D eigenvalue weighted by Gasteiger charge is 2.38. The first kappa shape index (κ1) is 21.0. The number of furan rings is 1. The standard InChI is InChI=1S/C22H12ClFN2O6/c23-15-7-5-11(21(29)30)9-13(15)18-8-6-12(32-18)10-14-19(27)25-22(31)26(20(14)28)17-4-2-1-3-16(17)24/h1-10H,(H,29,30)(H,25,27,31)/b14-10+. The predicted octanol–water partition coefficient (Wildman–Crippen LogP) is 4.10. The van der Waals surface area contributed by atoms with Crippen LogP contribution in [0.3, 0.4) is 0 Å². The van der Waals surface area contributed by atoms with Crippen LogP contribution in [0.5, 0.6) is 0 Å². The SMILES string of the molecule is O=C1NC(=O)N(c2ccccc2F)C(=O)/C1=C/c1ccc(-c2cc(C(=O)O)ccc2Cl)o1. The van der Waals surface area contributed by atoms with Gasteiger partial charge in [-0.25, -0.2) is 18.9 Å². The van der Waals surface area contributed by atoms with E-state index in [0.29, 0.717) is 10.5 Å². The molecule has 0 bridgehead atoms. The van der Waals surface area contributed by atoms with Crippen molar-refractivity contribution in [3.05, 3.63) is 82.3 Å². The van der Waals surface area contributed by atoms with Crippen LogP contribution < -0.4 is 10.2 Å². The Morgan fingerprint density at radius 1 is 1.09 bits per heavy atom. The Labute approximate surface area is 184 Å². The minimum Gasteiger partial charge on any atom is -0.478 e. The van der Waals surface area contributed by atoms with Gasteiger partial charge in [0.1, 0.15) is 22.9 Å². The van der Waals surface area contributed by atoms with E-state index in [4.69, 9.17) is 21.1 Å². The molecule has 0 radical (unpaired) electrons. The highest BCUT2D eigenvalue weighted by molar-refractivity contribution is 6.39. The van der Waals surface area contributed by atoms with Crippen molar-refractivity contribution in [1.29, 1.82) is 0 Å². The van der Waals surface area contributed by atoms with Crippen molar-refractivity contribution in [2.45, 2.75) is 0 Å². The molecule has 2 heterocycles. The molecule has 4 amide bonds. The number of para-hydroxylation sites is 1. The fourth-order valence-electron chi connectivity index (χ4n) is 3.07. The van der Waals surface area contributed by atoms with Gasteiger partial charge in [0.25, 0.3) is 11.8 Å². The van der Waals surface area contributed by atoms with Gasteiger partial charge in [-0.3, -0.25) is 14.9 Å². The van der Waals surface area contributed by atoms with E-state index in [1.807, 2.05) is 5.32 Å². The molecule has 2 N–H and O–H groups in total. The van der Waals surface area contributed by atoms with Gasteiger partial charge in [0.2, 0.25) is 0 Å². The third kappa shape index (κ3) is 3.77. The van der Waals surface area contributed by atoms with E-state index in [-0.39, 0.29) is 27.8 Å². The number of barbiturate groups is 1. The number of hydrogen-bond donors (Lipinski definition) is 2. The van der Waals surface area contributed by atoms with E-state index in [1.165, 1.54) is 48.5 Å². The minimum absolute atomic E-state index is 0.0124. The molecule has 1 saturated heterocycles. The number of anilines is 1. The van der Waals surface area contributed by atoms with Gasteiger partial charge in [-0.1, -0.05) is 23.7 Å². The maximum atomic E-state index is 14.1. The number of benzene rings is 2. The molecule has 0 atom stereocenters. The number of nitrogens with one attached hydrogen (secondary N) is 1. The fourth-order valence-corrected chi connectivity index (χ4v) is 3.28. The molecule has 1 aromatic heterocycles. The number of hydrogen-bond acceptors (Lipinski definition) is 5. The number of halogens is 2. The second-order valence-electron chi connectivity index (χ2n) is 6.61. The van der Waals surface area contributed by atoms with E-state index >= 15 is 0 Å². The van der Waals surface area contributed by atoms with Crippen molar-refractivity contribution in [3.63, 3.8) is 0 Å². The number of carboxylic acids is 1. The number of aromatic carboxylic acids is 1. The molecule has 4 rings (SSSR count). The summed E-state index contributed by atoms with van der Waals surface area (Å²) in [6.07, 6.45) is 1.09. The molecular formula is C22H12ClFN2O6. The number of nitrogens with zero attached hydrogens (tertiary/aromatic N) is 1. The zero-order valence-corrected chi connectivity index (χ0v) is 16.7. The van der Waals surface area contributed by atoms with Crippen LogP contribution in [-0.2, 0) is 9.59 Å². The van der Waals surface area contributed by atoms with E-state index in [2.05, 4.69) is 0 Å². The van der Waals surface area contributed by atoms with Crippen molar-refractivity contribution >= 4 is 47.2 Å². The van der Waals surface area contributed by atoms with E-state index in [9.17, 15) is 23.6 Å². The van der Waals surface area contributed by atoms with E-state index in [0.717, 1.165) is 12.1 Å². The van der Waals surface area contributed by atoms with Crippen LogP contribution in [0, 0.1) is 5.82 Å². The largest absolute Gasteiger partial charge is 0.478 e. The van der Waals surface area contributed by atoms with Gasteiger partial charge in [0.15, 0.2) is 0 Å². The smallest absolute Gasteiger partial charge is 0.336 e. The molecule has 0 unspecified atom stereocenters. The summed E-state index contributed by atoms with van der Waals surface area (Å²) in [6, 6.07) is 11.0. The maximum Gasteiger partial charge on any atom is 0.336 e. The summed E-state index contributed by atoms with van der Waals surface area (Å²) < 4.78 is 19.8. The molecule has 0 spiro atoms. The van der Waals surface area contributed by atoms with Crippen LogP contribution in [-0.4, -0.2) is 28.9 Å². The van der Waals surface area contributed by atoms with Gasteiger partial charge in [0.05, 0.1) is 16.3 Å². The lowest BCUT2D eigenvalue weighted by atomic mass is 10.1. The second kappa shape index (κ2) is 8.12. The Morgan fingerprint density at radius 3 is 2.56 bits per heavy atom. The molecule has 3 aromatic rings. The van der Waals surface area contributed by atoms with Gasteiger partial charge in [-0.05, 0) is 48.5 Å². The van der Waals surface area contributed by atoms with Crippen LogP contribution in [0.1, 0.15) is 16.1 Å². The molecule has 1 fully saturated rings. The third-order valence-corrected chi connectivity index (χ3v) is 4.92. The summed E-state index contributed by atoms with van der Waals surface area (Å²) in [6.45, 7) is 0. The van der Waals surface area contributed by atoms with Crippen molar-refractivity contribution in [2.24, 2.45) is 0 Å². The van der Waals surface area contributed by atoms with Crippen molar-refractivity contribution < 1.29 is 33.1 Å². The zero-order valence-electron chi connectivity index (χ0n) is 16.0. The number of carboxylic acid groups (broad SMARTS) is 1. The summed E-state index contributed by atoms with van der Waals surface area (Å²) in [5, 5.41) is 11.4. The molecule has 32 heavy (non-hydrogen) atoms. The summed E-state index contributed by atoms with van der Waals surface area (Å²) in [5.74, 6) is -3.74. The predicted molar refractivity (Wildman–Crippen MR) is 112 cm³/mol. The topological polar surface area (TPSA) is 117 Å². The van der Waals surface area contributed by atoms with Crippen LogP contribution in [0.4, 0.5) is 14.9 Å². The minimum atomic E-state index is -1.15. The van der Waals surface area contributed by atoms with E-state index in [1.54, 1.807) is 0 Å². The Balaban J connectivity index is 1.71. The molecule has 0 aliphatic carbocycles. The Morgan fingerprint density at radius 2 is 1.84 bits per heavy atom. The van der Waals surface area contributed by atoms with Gasteiger partial charge in [0, 0.05) is 5.56 Å². The van der Waals surface area contributed by atoms with E-state index < -0.39 is 35.2 Å². The number of carbonyl (C=O) groups is 4. The van der Waals surface area contributed by atoms with Gasteiger partial charge in [-0.15, -0.1) is 0 Å². The first-order valence-electron chi connectivity index (χ1n) is 9.05. The van der Waals surface area contributed by atoms with Crippen molar-refractivity contribution in [2.75, 3.05) is 4.90 Å². The molecule has 2 aromatic carbocycles. The summed E-state index contributed by atoms with van der Waals surface area (Å²) >= 11 is 6.13. The fraction of sp³-hybridized carbons (Fsp3) is 0. The molecule has 10 heteroatoms. The summed E-state index contributed by atoms with van der Waals surface area (Å²) in [5.41, 5.74) is -0.495. The van der Waals surface area contributed by atoms with Crippen LogP contribution >= 0.6 is 11.6 Å². The lowest BCUT2D eigenvalue weighted by Gasteiger charge is -2.26. The highest BCUT2D eigenvalue weighted by Crippen LogP contribution is 2.31. The Kier molecular flexibility index (Phi) is 5.33. The average molecular weight is 455 g/mol. The van der Waals surface area contributed by atoms with Gasteiger partial charge < -0.3 is 9.52 Å². The number of urea groups is 1. The first-order chi connectivity index (χ1) is 15.3. The average Bonchev–Trinajstić information content (AvgIpc) is 3.21. The first-order valence-corrected chi connectivity index (χ1v) is 9.43. The number of rotatable bonds is 4. The summed E-state index contributed by atoms with van der Waals surface area (Å²) in [4.78, 5) is 49.0. The highest BCUT2D eigenvalue weighted by atomic mass is 35.5. The summed E-state index contributed by atoms with van der Waals surface area (Å²) in [7, 11) is 0. The number of carbonyl (C=O) groups excluding carboxylic acids is 3. The molecule has 160 valence electrons. The Hall–Kier alpha value is -4.24. The van der Waals surface area contributed by atoms with Crippen LogP contribution in [0.25, 0.3) is 17.4 Å². The normalized spacial score (nSPS) is 15.2. The molecule has 1 aliphatic rings. The lowest BCUT2D eigenvalue weighted by Crippen LogP contribution is -2.54. The molecule has 8 nitrogen and oxygen atoms in total. The second-order valence-corrected chi connectivity index (χ2v) is 7.02. The third-order valence-electron chi connectivity index (χ3n) is 4.59. The quantitative estimate of drug-likeness (QED) is 0.452. The van der Waals surface area contributed by atoms with Crippen LogP contribution in [0.2, 0.25) is 5.02 Å². The van der Waals surface area contributed by atoms with Crippen LogP contribution in [0.15, 0.2) is 64.6 Å². The monoisotopic (exact) mass is 454 g/mol. The molecule has 0 saturated carbocycles. The number of imide groups is 2. The maximum absolute atomic E-state index is 14.1. The lowest BCUT2D eigenvalue weighted by molar-refractivity contribution is -0.122. The van der Waals surface area contributed by atoms with Gasteiger partial charge in [-0.2, -0.15) is 0 Å². The molecule has 1 aliphatic heterocycles. The van der Waals surface area contributed by atoms with Crippen molar-refractivity contribution in [3.8, 4) is 11.3 Å². The van der Waals surface area contributed by atoms with Gasteiger partial charge >= 0.3 is 12.0 Å².